The minimum atomic E-state index is -1.10. The first-order valence-corrected chi connectivity index (χ1v) is 11.8. The molecule has 6 rings (SSSR count). The zero-order valence-electron chi connectivity index (χ0n) is 14.1. The quantitative estimate of drug-likeness (QED) is 0.542. The molecule has 4 heterocycles. The Kier molecular flexibility index (Phi) is 3.90. The number of ether oxygens (including phenoxy) is 3. The summed E-state index contributed by atoms with van der Waals surface area (Å²) in [6.45, 7) is 0.989. The van der Waals surface area contributed by atoms with E-state index >= 15 is 0 Å². The third kappa shape index (κ3) is 2.56. The number of fused-ring (bicyclic) bond motifs is 1. The molecule has 2 saturated carbocycles. The molecule has 0 N–H and O–H groups in total. The number of carbonyl (C=O) groups is 2. The molecule has 1 aromatic rings. The van der Waals surface area contributed by atoms with Crippen molar-refractivity contribution >= 4 is 41.3 Å². The van der Waals surface area contributed by atoms with Crippen LogP contribution in [0.5, 0.6) is 0 Å². The number of hydrogen-bond donors (Lipinski definition) is 0. The maximum atomic E-state index is 13.3. The van der Waals surface area contributed by atoms with Crippen LogP contribution in [0.1, 0.15) is 52.9 Å². The number of carbonyl (C=O) groups excluding carboxylic acids is 2. The Morgan fingerprint density at radius 2 is 1.96 bits per heavy atom. The molecular formula is C18H21AsO5S. The van der Waals surface area contributed by atoms with E-state index in [1.165, 1.54) is 13.5 Å². The van der Waals surface area contributed by atoms with E-state index in [9.17, 15) is 9.59 Å². The molecule has 3 aliphatic heterocycles. The third-order valence-corrected chi connectivity index (χ3v) is 10.7. The molecule has 3 unspecified atom stereocenters. The Hall–Kier alpha value is -0.682. The molecular weight excluding hydrogens is 403 g/mol. The number of esters is 1. The van der Waals surface area contributed by atoms with E-state index in [-0.39, 0.29) is 16.6 Å². The summed E-state index contributed by atoms with van der Waals surface area (Å²) in [5, 5.41) is 0. The van der Waals surface area contributed by atoms with Crippen LogP contribution < -0.4 is 3.66 Å². The van der Waals surface area contributed by atoms with E-state index in [1.54, 1.807) is 11.3 Å². The van der Waals surface area contributed by atoms with Crippen LogP contribution >= 0.6 is 11.3 Å². The van der Waals surface area contributed by atoms with Crippen LogP contribution in [0, 0.1) is 11.8 Å². The van der Waals surface area contributed by atoms with Gasteiger partial charge in [0.25, 0.3) is 0 Å². The van der Waals surface area contributed by atoms with Gasteiger partial charge < -0.3 is 0 Å². The van der Waals surface area contributed by atoms with Crippen molar-refractivity contribution in [1.82, 2.24) is 0 Å². The molecule has 3 atom stereocenters. The van der Waals surface area contributed by atoms with Gasteiger partial charge in [-0.25, -0.2) is 0 Å². The summed E-state index contributed by atoms with van der Waals surface area (Å²) in [6, 6.07) is 0. The number of thiophene rings is 1. The summed E-state index contributed by atoms with van der Waals surface area (Å²) < 4.78 is 18.0. The Labute approximate surface area is 157 Å². The number of hydrogen-bond acceptors (Lipinski definition) is 6. The summed E-state index contributed by atoms with van der Waals surface area (Å²) >= 11 is 0.481. The molecule has 25 heavy (non-hydrogen) atoms. The fourth-order valence-corrected chi connectivity index (χ4v) is 10.1. The number of methoxy groups -OCH3 is 1. The molecule has 4 fully saturated rings. The van der Waals surface area contributed by atoms with Crippen molar-refractivity contribution in [2.45, 2.75) is 57.0 Å². The normalized spacial score (nSPS) is 35.5. The third-order valence-electron chi connectivity index (χ3n) is 6.09. The van der Waals surface area contributed by atoms with Crippen molar-refractivity contribution in [3.8, 4) is 0 Å². The van der Waals surface area contributed by atoms with Crippen molar-refractivity contribution < 1.29 is 23.8 Å². The van der Waals surface area contributed by atoms with Gasteiger partial charge in [-0.3, -0.25) is 0 Å². The average Bonchev–Trinajstić information content (AvgIpc) is 3.13. The summed E-state index contributed by atoms with van der Waals surface area (Å²) in [5.74, 6) is 0.980. The molecule has 134 valence electrons. The van der Waals surface area contributed by atoms with Crippen LogP contribution in [0.15, 0.2) is 0 Å². The Balaban J connectivity index is 1.44. The molecule has 4 bridgehead atoms. The molecule has 1 aromatic heterocycles. The topological polar surface area (TPSA) is 61.8 Å². The predicted octanol–water partition coefficient (Wildman–Crippen LogP) is 1.50. The molecule has 5 aliphatic rings. The zero-order valence-corrected chi connectivity index (χ0v) is 17.0. The SMILES string of the molecule is COC(=O)c1c([AsH]C(=O)C23CC4CC(CC(C4)O2)C3)sc2c1COC2. The first-order chi connectivity index (χ1) is 12.1. The van der Waals surface area contributed by atoms with E-state index in [0.717, 1.165) is 39.8 Å². The van der Waals surface area contributed by atoms with Gasteiger partial charge in [-0.05, 0) is 0 Å². The van der Waals surface area contributed by atoms with E-state index in [4.69, 9.17) is 14.2 Å². The molecule has 5 nitrogen and oxygen atoms in total. The van der Waals surface area contributed by atoms with Gasteiger partial charge in [0.15, 0.2) is 0 Å². The second-order valence-electron chi connectivity index (χ2n) is 7.73. The van der Waals surface area contributed by atoms with Gasteiger partial charge in [0.2, 0.25) is 0 Å². The molecule has 7 heteroatoms. The summed E-state index contributed by atoms with van der Waals surface area (Å²) in [6.07, 6.45) is 5.59. The van der Waals surface area contributed by atoms with Crippen molar-refractivity contribution in [3.05, 3.63) is 16.0 Å². The van der Waals surface area contributed by atoms with E-state index in [2.05, 4.69) is 0 Å². The molecule has 0 amide bonds. The van der Waals surface area contributed by atoms with Crippen molar-refractivity contribution in [2.75, 3.05) is 7.11 Å². The van der Waals surface area contributed by atoms with Crippen LogP contribution in [0.2, 0.25) is 0 Å². The second-order valence-corrected chi connectivity index (χ2v) is 12.1. The van der Waals surface area contributed by atoms with Crippen LogP contribution in [-0.4, -0.2) is 45.1 Å². The van der Waals surface area contributed by atoms with Crippen LogP contribution in [-0.2, 0) is 32.2 Å². The van der Waals surface area contributed by atoms with Crippen LogP contribution in [0.4, 0.5) is 0 Å². The summed E-state index contributed by atoms with van der Waals surface area (Å²) in [4.78, 5) is 26.7. The predicted molar refractivity (Wildman–Crippen MR) is 93.6 cm³/mol. The van der Waals surface area contributed by atoms with Gasteiger partial charge in [0, 0.05) is 0 Å². The van der Waals surface area contributed by atoms with Gasteiger partial charge in [0.05, 0.1) is 0 Å². The second kappa shape index (κ2) is 5.91. The molecule has 2 saturated heterocycles. The van der Waals surface area contributed by atoms with Gasteiger partial charge in [-0.2, -0.15) is 0 Å². The fraction of sp³-hybridized carbons (Fsp3) is 0.667. The van der Waals surface area contributed by atoms with Crippen molar-refractivity contribution in [2.24, 2.45) is 11.8 Å². The monoisotopic (exact) mass is 424 g/mol. The molecule has 0 radical (unpaired) electrons. The van der Waals surface area contributed by atoms with Gasteiger partial charge in [-0.1, -0.05) is 0 Å². The van der Waals surface area contributed by atoms with Crippen molar-refractivity contribution in [3.63, 3.8) is 0 Å². The molecule has 2 aliphatic carbocycles. The molecule has 0 spiro atoms. The van der Waals surface area contributed by atoms with E-state index < -0.39 is 21.4 Å². The fourth-order valence-electron chi connectivity index (χ4n) is 5.25. The Bertz CT molecular complexity index is 720. The maximum absolute atomic E-state index is 13.3. The Morgan fingerprint density at radius 3 is 2.64 bits per heavy atom. The zero-order chi connectivity index (χ0) is 17.2. The standard InChI is InChI=1S/C18H21AsO5S/c1-22-16(20)14-12-7-23-8-13(12)25-15(14)19-17(21)18-5-9-2-10(6-18)4-11(3-9)24-18/h9-11,19H,2-8H2,1H3. The van der Waals surface area contributed by atoms with Gasteiger partial charge in [-0.15, -0.1) is 0 Å². The van der Waals surface area contributed by atoms with Gasteiger partial charge >= 0.3 is 157 Å². The first-order valence-electron chi connectivity index (χ1n) is 8.88. The Morgan fingerprint density at radius 1 is 1.20 bits per heavy atom. The number of rotatable bonds is 4. The van der Waals surface area contributed by atoms with Gasteiger partial charge in [0.1, 0.15) is 0 Å². The average molecular weight is 424 g/mol. The summed E-state index contributed by atoms with van der Waals surface area (Å²) in [7, 11) is 1.40. The van der Waals surface area contributed by atoms with Crippen molar-refractivity contribution in [1.29, 1.82) is 0 Å². The van der Waals surface area contributed by atoms with E-state index in [1.807, 2.05) is 0 Å². The van der Waals surface area contributed by atoms with Crippen LogP contribution in [0.3, 0.4) is 0 Å². The molecule has 0 aromatic carbocycles. The summed E-state index contributed by atoms with van der Waals surface area (Å²) in [5.41, 5.74) is 1.00. The minimum absolute atomic E-state index is 0.276. The van der Waals surface area contributed by atoms with Crippen LogP contribution in [0.25, 0.3) is 0 Å². The first kappa shape index (κ1) is 16.5. The van der Waals surface area contributed by atoms with E-state index in [0.29, 0.717) is 30.6 Å².